The molecule has 0 unspecified atom stereocenters. The van der Waals surface area contributed by atoms with E-state index < -0.39 is 0 Å². The second-order valence-electron chi connectivity index (χ2n) is 9.34. The fraction of sp³-hybridized carbons (Fsp3) is 0.913. The van der Waals surface area contributed by atoms with E-state index in [2.05, 4.69) is 19.6 Å². The van der Waals surface area contributed by atoms with E-state index in [1.807, 2.05) is 0 Å². The minimum Gasteiger partial charge on any atom is -0.412 e. The molecule has 3 rings (SSSR count). The quantitative estimate of drug-likeness (QED) is 0.544. The molecule has 0 aromatic rings. The van der Waals surface area contributed by atoms with Crippen LogP contribution in [0.2, 0.25) is 0 Å². The summed E-state index contributed by atoms with van der Waals surface area (Å²) in [5, 5.41) is 0. The third-order valence-electron chi connectivity index (χ3n) is 7.88. The molecule has 0 saturated heterocycles. The number of rotatable bonds is 5. The van der Waals surface area contributed by atoms with Crippen LogP contribution in [0, 0.1) is 35.5 Å². The highest BCUT2D eigenvalue weighted by atomic mass is 16.0. The Bertz CT molecular complexity index is 349. The summed E-state index contributed by atoms with van der Waals surface area (Å²) in [4.78, 5) is 0. The zero-order valence-electron chi connectivity index (χ0n) is 16.6. The lowest BCUT2D eigenvalue weighted by Gasteiger charge is -2.41. The SMILES string of the molecule is C=CCCC1CCC(C2CCC(C3CCC(C)CC3)CC2)CC1.O.O.[HH]. The Morgan fingerprint density at radius 3 is 1.44 bits per heavy atom. The lowest BCUT2D eigenvalue weighted by atomic mass is 9.65. The highest BCUT2D eigenvalue weighted by Gasteiger charge is 2.34. The smallest absolute Gasteiger partial charge is 0 e. The molecule has 2 heteroatoms. The molecule has 3 saturated carbocycles. The summed E-state index contributed by atoms with van der Waals surface area (Å²) >= 11 is 0. The summed E-state index contributed by atoms with van der Waals surface area (Å²) in [6.45, 7) is 6.34. The van der Waals surface area contributed by atoms with Crippen molar-refractivity contribution >= 4 is 0 Å². The van der Waals surface area contributed by atoms with Crippen LogP contribution < -0.4 is 0 Å². The lowest BCUT2D eigenvalue weighted by Crippen LogP contribution is -2.29. The van der Waals surface area contributed by atoms with Gasteiger partial charge in [0.2, 0.25) is 0 Å². The van der Waals surface area contributed by atoms with E-state index in [0.29, 0.717) is 0 Å². The molecule has 0 bridgehead atoms. The largest absolute Gasteiger partial charge is 0.412 e. The molecular formula is C23H46O2. The minimum atomic E-state index is 0. The summed E-state index contributed by atoms with van der Waals surface area (Å²) in [7, 11) is 0. The zero-order valence-corrected chi connectivity index (χ0v) is 16.6. The maximum absolute atomic E-state index is 3.88. The number of hydrogen-bond acceptors (Lipinski definition) is 0. The topological polar surface area (TPSA) is 63.0 Å². The van der Waals surface area contributed by atoms with Gasteiger partial charge >= 0.3 is 0 Å². The van der Waals surface area contributed by atoms with Crippen LogP contribution in [0.4, 0.5) is 0 Å². The third kappa shape index (κ3) is 6.40. The molecule has 0 spiro atoms. The maximum atomic E-state index is 3.88. The molecule has 3 aliphatic rings. The lowest BCUT2D eigenvalue weighted by molar-refractivity contribution is 0.105. The summed E-state index contributed by atoms with van der Waals surface area (Å²) in [6.07, 6.45) is 23.3. The number of hydrogen-bond donors (Lipinski definition) is 0. The molecule has 3 aliphatic carbocycles. The monoisotopic (exact) mass is 354 g/mol. The molecule has 0 aliphatic heterocycles. The van der Waals surface area contributed by atoms with E-state index in [1.54, 1.807) is 38.5 Å². The van der Waals surface area contributed by atoms with Gasteiger partial charge in [-0.2, -0.15) is 0 Å². The molecule has 25 heavy (non-hydrogen) atoms. The van der Waals surface area contributed by atoms with Gasteiger partial charge in [0.1, 0.15) is 0 Å². The van der Waals surface area contributed by atoms with Crippen LogP contribution in [0.15, 0.2) is 12.7 Å². The van der Waals surface area contributed by atoms with E-state index in [9.17, 15) is 0 Å². The van der Waals surface area contributed by atoms with Crippen molar-refractivity contribution < 1.29 is 12.4 Å². The van der Waals surface area contributed by atoms with Crippen molar-refractivity contribution in [3.63, 3.8) is 0 Å². The van der Waals surface area contributed by atoms with Crippen molar-refractivity contribution in [2.45, 2.75) is 96.8 Å². The normalized spacial score (nSPS) is 38.9. The second-order valence-corrected chi connectivity index (χ2v) is 9.34. The van der Waals surface area contributed by atoms with Crippen molar-refractivity contribution in [1.82, 2.24) is 0 Å². The third-order valence-corrected chi connectivity index (χ3v) is 7.88. The standard InChI is InChI=1S/C23H40.2H2O.H2/c1-3-4-5-19-8-12-21(13-9-19)23-16-14-22(15-17-23)20-10-6-18(2)7-11-20;;;/h3,18-23H,1,4-17H2,2H3;2*1H2;1H. The Morgan fingerprint density at radius 1 is 0.680 bits per heavy atom. The fourth-order valence-corrected chi connectivity index (χ4v) is 6.15. The van der Waals surface area contributed by atoms with Crippen LogP contribution in [0.3, 0.4) is 0 Å². The average molecular weight is 355 g/mol. The first-order valence-corrected chi connectivity index (χ1v) is 10.9. The molecule has 0 amide bonds. The van der Waals surface area contributed by atoms with Crippen LogP contribution in [0.25, 0.3) is 0 Å². The van der Waals surface area contributed by atoms with Crippen LogP contribution in [-0.2, 0) is 0 Å². The van der Waals surface area contributed by atoms with E-state index >= 15 is 0 Å². The summed E-state index contributed by atoms with van der Waals surface area (Å²) < 4.78 is 0. The Hall–Kier alpha value is -0.340. The molecule has 150 valence electrons. The average Bonchev–Trinajstić information content (AvgIpc) is 2.61. The van der Waals surface area contributed by atoms with E-state index in [4.69, 9.17) is 0 Å². The molecule has 0 atom stereocenters. The summed E-state index contributed by atoms with van der Waals surface area (Å²) in [5.74, 6) is 6.41. The molecule has 3 fully saturated rings. The first-order chi connectivity index (χ1) is 11.3. The van der Waals surface area contributed by atoms with Gasteiger partial charge in [-0.3, -0.25) is 0 Å². The fourth-order valence-electron chi connectivity index (χ4n) is 6.15. The Labute approximate surface area is 158 Å². The molecule has 0 aromatic carbocycles. The van der Waals surface area contributed by atoms with Crippen molar-refractivity contribution in [2.75, 3.05) is 0 Å². The molecule has 2 nitrogen and oxygen atoms in total. The first-order valence-electron chi connectivity index (χ1n) is 10.9. The van der Waals surface area contributed by atoms with Crippen LogP contribution >= 0.6 is 0 Å². The van der Waals surface area contributed by atoms with Gasteiger partial charge in [-0.1, -0.05) is 38.7 Å². The van der Waals surface area contributed by atoms with Gasteiger partial charge in [0.25, 0.3) is 0 Å². The van der Waals surface area contributed by atoms with E-state index in [-0.39, 0.29) is 12.4 Å². The molecule has 0 radical (unpaired) electrons. The predicted molar refractivity (Wildman–Crippen MR) is 111 cm³/mol. The van der Waals surface area contributed by atoms with Crippen LogP contribution in [0.5, 0.6) is 0 Å². The van der Waals surface area contributed by atoms with E-state index in [0.717, 1.165) is 35.5 Å². The molecule has 4 N–H and O–H groups in total. The molecule has 0 aromatic heterocycles. The second kappa shape index (κ2) is 11.4. The Kier molecular flexibility index (Phi) is 10.3. The van der Waals surface area contributed by atoms with Crippen molar-refractivity contribution in [1.29, 1.82) is 0 Å². The Balaban J connectivity index is 0.00000208. The summed E-state index contributed by atoms with van der Waals surface area (Å²) in [6, 6.07) is 0. The minimum absolute atomic E-state index is 0. The van der Waals surface area contributed by atoms with Gasteiger partial charge in [-0.05, 0) is 99.7 Å². The van der Waals surface area contributed by atoms with Crippen molar-refractivity contribution in [3.8, 4) is 0 Å². The van der Waals surface area contributed by atoms with Crippen molar-refractivity contribution in [2.24, 2.45) is 35.5 Å². The van der Waals surface area contributed by atoms with Gasteiger partial charge in [-0.15, -0.1) is 6.58 Å². The highest BCUT2D eigenvalue weighted by Crippen LogP contribution is 2.46. The number of allylic oxidation sites excluding steroid dienone is 1. The highest BCUT2D eigenvalue weighted by molar-refractivity contribution is 4.85. The maximum Gasteiger partial charge on any atom is 0 e. The molecular weight excluding hydrogens is 308 g/mol. The van der Waals surface area contributed by atoms with Crippen molar-refractivity contribution in [3.05, 3.63) is 12.7 Å². The van der Waals surface area contributed by atoms with Gasteiger partial charge < -0.3 is 11.0 Å². The zero-order chi connectivity index (χ0) is 16.1. The molecule has 0 heterocycles. The first kappa shape index (κ1) is 22.7. The van der Waals surface area contributed by atoms with Gasteiger partial charge in [0.15, 0.2) is 0 Å². The van der Waals surface area contributed by atoms with Crippen LogP contribution in [0.1, 0.15) is 98.2 Å². The predicted octanol–water partition coefficient (Wildman–Crippen LogP) is 5.99. The van der Waals surface area contributed by atoms with Gasteiger partial charge in [0, 0.05) is 1.43 Å². The van der Waals surface area contributed by atoms with Gasteiger partial charge in [-0.25, -0.2) is 0 Å². The summed E-state index contributed by atoms with van der Waals surface area (Å²) in [5.41, 5.74) is 0. The van der Waals surface area contributed by atoms with Gasteiger partial charge in [0.05, 0.1) is 0 Å². The van der Waals surface area contributed by atoms with Crippen LogP contribution in [-0.4, -0.2) is 11.0 Å². The van der Waals surface area contributed by atoms with E-state index in [1.165, 1.54) is 51.4 Å². The Morgan fingerprint density at radius 2 is 1.04 bits per heavy atom.